The van der Waals surface area contributed by atoms with Crippen LogP contribution in [-0.2, 0) is 0 Å². The highest BCUT2D eigenvalue weighted by Gasteiger charge is 2.18. The molecule has 0 radical (unpaired) electrons. The van der Waals surface area contributed by atoms with Crippen LogP contribution in [0.5, 0.6) is 0 Å². The van der Waals surface area contributed by atoms with E-state index >= 15 is 0 Å². The number of rotatable bonds is 3. The third-order valence-electron chi connectivity index (χ3n) is 11.3. The lowest BCUT2D eigenvalue weighted by atomic mass is 10.0. The Labute approximate surface area is 309 Å². The van der Waals surface area contributed by atoms with Gasteiger partial charge >= 0.3 is 0 Å². The Balaban J connectivity index is 1.06. The molecule has 9 aromatic carbocycles. The molecule has 246 valence electrons. The van der Waals surface area contributed by atoms with E-state index in [1.54, 1.807) is 0 Å². The average Bonchev–Trinajstić information content (AvgIpc) is 3.88. The predicted octanol–water partition coefficient (Wildman–Crippen LogP) is 14.2. The van der Waals surface area contributed by atoms with Gasteiger partial charge in [-0.25, -0.2) is 0 Å². The van der Waals surface area contributed by atoms with Crippen molar-refractivity contribution >= 4 is 96.7 Å². The molecule has 0 aliphatic rings. The molecule has 0 saturated heterocycles. The third kappa shape index (κ3) is 4.14. The van der Waals surface area contributed by atoms with Gasteiger partial charge in [-0.2, -0.15) is 0 Å². The zero-order valence-electron chi connectivity index (χ0n) is 28.6. The highest BCUT2D eigenvalue weighted by atomic mass is 32.1. The highest BCUT2D eigenvalue weighted by molar-refractivity contribution is 7.26. The van der Waals surface area contributed by atoms with Crippen molar-refractivity contribution in [3.05, 3.63) is 182 Å². The van der Waals surface area contributed by atoms with Crippen LogP contribution < -0.4 is 0 Å². The number of benzene rings is 9. The molecule has 12 aromatic rings. The summed E-state index contributed by atoms with van der Waals surface area (Å²) in [5.74, 6) is 0. The molecular formula is C50H30N2S. The Morgan fingerprint density at radius 1 is 0.321 bits per heavy atom. The number of hydrogen-bond acceptors (Lipinski definition) is 1. The molecule has 0 bridgehead atoms. The third-order valence-corrected chi connectivity index (χ3v) is 12.5. The molecular weight excluding hydrogens is 661 g/mol. The normalized spacial score (nSPS) is 12.2. The van der Waals surface area contributed by atoms with Crippen molar-refractivity contribution in [2.45, 2.75) is 0 Å². The number of nitrogens with zero attached hydrogens (tertiary/aromatic N) is 2. The fraction of sp³-hybridized carbons (Fsp3) is 0. The summed E-state index contributed by atoms with van der Waals surface area (Å²) in [7, 11) is 0. The van der Waals surface area contributed by atoms with E-state index in [0.717, 1.165) is 0 Å². The van der Waals surface area contributed by atoms with E-state index in [-0.39, 0.29) is 0 Å². The van der Waals surface area contributed by atoms with Crippen LogP contribution in [-0.4, -0.2) is 9.13 Å². The molecule has 2 nitrogen and oxygen atoms in total. The van der Waals surface area contributed by atoms with Crippen LogP contribution in [0, 0.1) is 0 Å². The molecule has 0 atom stereocenters. The first-order chi connectivity index (χ1) is 26.3. The zero-order chi connectivity index (χ0) is 34.6. The van der Waals surface area contributed by atoms with Crippen LogP contribution in [0.25, 0.3) is 108 Å². The van der Waals surface area contributed by atoms with Crippen molar-refractivity contribution in [3.8, 4) is 22.5 Å². The molecule has 12 rings (SSSR count). The van der Waals surface area contributed by atoms with Crippen LogP contribution >= 0.6 is 11.3 Å². The molecule has 3 heterocycles. The van der Waals surface area contributed by atoms with Crippen LogP contribution in [0.1, 0.15) is 0 Å². The minimum absolute atomic E-state index is 1.17. The molecule has 0 aliphatic heterocycles. The molecule has 53 heavy (non-hydrogen) atoms. The highest BCUT2D eigenvalue weighted by Crippen LogP contribution is 2.42. The van der Waals surface area contributed by atoms with Crippen LogP contribution in [0.4, 0.5) is 0 Å². The lowest BCUT2D eigenvalue weighted by Crippen LogP contribution is -1.94. The van der Waals surface area contributed by atoms with E-state index in [9.17, 15) is 0 Å². The molecule has 0 N–H and O–H groups in total. The van der Waals surface area contributed by atoms with E-state index in [1.165, 1.54) is 108 Å². The number of thiophene rings is 1. The molecule has 0 aliphatic carbocycles. The Hall–Kier alpha value is -6.68. The molecule has 0 spiro atoms. The van der Waals surface area contributed by atoms with Gasteiger partial charge in [0.15, 0.2) is 0 Å². The smallest absolute Gasteiger partial charge is 0.0640 e. The standard InChI is InChI=1S/C50H30N2S/c1-2-11-36-31(10-1)20-21-34-28-35(24-26-37(34)36)51-44-16-6-3-12-38(44)40-25-22-33(30-48(40)51)32-23-27-46-43(29-32)39-13-4-7-17-45(39)52(46)47-18-9-15-42-41-14-5-8-19-49(41)53-50(42)47/h1-30H. The first-order valence-electron chi connectivity index (χ1n) is 18.2. The number of hydrogen-bond donors (Lipinski definition) is 0. The van der Waals surface area contributed by atoms with Crippen molar-refractivity contribution in [1.29, 1.82) is 0 Å². The van der Waals surface area contributed by atoms with Gasteiger partial charge in [-0.3, -0.25) is 0 Å². The summed E-state index contributed by atoms with van der Waals surface area (Å²) in [4.78, 5) is 0. The van der Waals surface area contributed by atoms with Crippen molar-refractivity contribution in [3.63, 3.8) is 0 Å². The summed E-state index contributed by atoms with van der Waals surface area (Å²) in [6.45, 7) is 0. The van der Waals surface area contributed by atoms with Crippen molar-refractivity contribution in [2.75, 3.05) is 0 Å². The average molecular weight is 691 g/mol. The van der Waals surface area contributed by atoms with E-state index in [0.29, 0.717) is 0 Å². The monoisotopic (exact) mass is 690 g/mol. The van der Waals surface area contributed by atoms with Gasteiger partial charge in [-0.15, -0.1) is 11.3 Å². The van der Waals surface area contributed by atoms with E-state index in [4.69, 9.17) is 0 Å². The Morgan fingerprint density at radius 3 is 1.81 bits per heavy atom. The van der Waals surface area contributed by atoms with Gasteiger partial charge < -0.3 is 9.13 Å². The first-order valence-corrected chi connectivity index (χ1v) is 19.0. The summed E-state index contributed by atoms with van der Waals surface area (Å²) in [5.41, 5.74) is 9.70. The lowest BCUT2D eigenvalue weighted by Gasteiger charge is -2.12. The summed E-state index contributed by atoms with van der Waals surface area (Å²) in [6.07, 6.45) is 0. The maximum Gasteiger partial charge on any atom is 0.0640 e. The number of fused-ring (bicyclic) bond motifs is 12. The largest absolute Gasteiger partial charge is 0.309 e. The quantitative estimate of drug-likeness (QED) is 0.163. The second-order valence-corrected chi connectivity index (χ2v) is 15.2. The molecule has 0 fully saturated rings. The summed E-state index contributed by atoms with van der Waals surface area (Å²) >= 11 is 1.88. The van der Waals surface area contributed by atoms with Gasteiger partial charge in [-0.05, 0) is 87.3 Å². The Morgan fingerprint density at radius 2 is 0.925 bits per heavy atom. The van der Waals surface area contributed by atoms with Crippen molar-refractivity contribution in [2.24, 2.45) is 0 Å². The van der Waals surface area contributed by atoms with Crippen LogP contribution in [0.15, 0.2) is 182 Å². The molecule has 0 amide bonds. The van der Waals surface area contributed by atoms with Gasteiger partial charge in [0.25, 0.3) is 0 Å². The topological polar surface area (TPSA) is 9.86 Å². The predicted molar refractivity (Wildman–Crippen MR) is 228 cm³/mol. The maximum atomic E-state index is 2.47. The molecule has 0 unspecified atom stereocenters. The minimum Gasteiger partial charge on any atom is -0.309 e. The second kappa shape index (κ2) is 10.9. The van der Waals surface area contributed by atoms with Gasteiger partial charge in [0.2, 0.25) is 0 Å². The molecule has 3 aromatic heterocycles. The van der Waals surface area contributed by atoms with Crippen LogP contribution in [0.3, 0.4) is 0 Å². The van der Waals surface area contributed by atoms with Gasteiger partial charge in [0.05, 0.1) is 32.5 Å². The SMILES string of the molecule is c1ccc2c(c1)ccc1cc(-n3c4ccccc4c4ccc(-c5ccc6c(c5)c5ccccc5n6-c5cccc6c5sc5ccccc56)cc43)ccc12. The number of aromatic nitrogens is 2. The number of para-hydroxylation sites is 2. The van der Waals surface area contributed by atoms with E-state index in [2.05, 4.69) is 191 Å². The van der Waals surface area contributed by atoms with E-state index in [1.807, 2.05) is 11.3 Å². The van der Waals surface area contributed by atoms with Crippen molar-refractivity contribution in [1.82, 2.24) is 9.13 Å². The summed E-state index contributed by atoms with van der Waals surface area (Å²) in [5, 5.41) is 12.8. The zero-order valence-corrected chi connectivity index (χ0v) is 29.4. The van der Waals surface area contributed by atoms with Crippen molar-refractivity contribution < 1.29 is 0 Å². The minimum atomic E-state index is 1.17. The Kier molecular flexibility index (Phi) is 5.96. The van der Waals surface area contributed by atoms with Gasteiger partial charge in [0, 0.05) is 42.7 Å². The first kappa shape index (κ1) is 29.0. The molecule has 0 saturated carbocycles. The fourth-order valence-electron chi connectivity index (χ4n) is 8.89. The Bertz CT molecular complexity index is 3470. The second-order valence-electron chi connectivity index (χ2n) is 14.1. The maximum absolute atomic E-state index is 2.47. The van der Waals surface area contributed by atoms with Crippen LogP contribution in [0.2, 0.25) is 0 Å². The van der Waals surface area contributed by atoms with Gasteiger partial charge in [-0.1, -0.05) is 127 Å². The fourth-order valence-corrected chi connectivity index (χ4v) is 10.1. The van der Waals surface area contributed by atoms with E-state index < -0.39 is 0 Å². The van der Waals surface area contributed by atoms with Gasteiger partial charge in [0.1, 0.15) is 0 Å². The molecule has 3 heteroatoms. The summed E-state index contributed by atoms with van der Waals surface area (Å²) < 4.78 is 7.55. The lowest BCUT2D eigenvalue weighted by molar-refractivity contribution is 1.19. The summed E-state index contributed by atoms with van der Waals surface area (Å²) in [6, 6.07) is 67.3.